The predicted molar refractivity (Wildman–Crippen MR) is 54.7 cm³/mol. The van der Waals surface area contributed by atoms with Gasteiger partial charge >= 0.3 is 0 Å². The molecule has 0 bridgehead atoms. The molecule has 0 radical (unpaired) electrons. The van der Waals surface area contributed by atoms with Crippen molar-refractivity contribution in [3.63, 3.8) is 0 Å². The minimum absolute atomic E-state index is 0.307. The summed E-state index contributed by atoms with van der Waals surface area (Å²) in [5.41, 5.74) is 1.05. The third kappa shape index (κ3) is 1.37. The van der Waals surface area contributed by atoms with Crippen LogP contribution in [0.4, 0.5) is 4.39 Å². The van der Waals surface area contributed by atoms with Crippen molar-refractivity contribution in [1.29, 1.82) is 5.26 Å². The van der Waals surface area contributed by atoms with Crippen LogP contribution in [0, 0.1) is 17.1 Å². The van der Waals surface area contributed by atoms with Crippen molar-refractivity contribution in [3.8, 4) is 6.07 Å². The second-order valence-corrected chi connectivity index (χ2v) is 3.49. The fourth-order valence-electron chi connectivity index (χ4n) is 1.68. The number of fused-ring (bicyclic) bond motifs is 1. The zero-order chi connectivity index (χ0) is 11.0. The number of aromatic nitrogens is 2. The van der Waals surface area contributed by atoms with Gasteiger partial charge in [0, 0.05) is 7.05 Å². The van der Waals surface area contributed by atoms with Crippen LogP contribution in [0.25, 0.3) is 11.0 Å². The van der Waals surface area contributed by atoms with Crippen LogP contribution < -0.4 is 0 Å². The van der Waals surface area contributed by atoms with E-state index >= 15 is 0 Å². The third-order valence-corrected chi connectivity index (χ3v) is 2.46. The standard InChI is InChI=1S/C11H10FN3/c1-7(6-13)11-14-9-5-3-4-8(12)10(9)15(11)2/h3-5,7H,1-2H3. The SMILES string of the molecule is CC(C#N)c1nc2cccc(F)c2n1C. The number of nitriles is 1. The van der Waals surface area contributed by atoms with Gasteiger partial charge in [-0.2, -0.15) is 5.26 Å². The Balaban J connectivity index is 2.77. The summed E-state index contributed by atoms with van der Waals surface area (Å²) < 4.78 is 15.1. The van der Waals surface area contributed by atoms with Gasteiger partial charge in [0.1, 0.15) is 23.1 Å². The molecule has 15 heavy (non-hydrogen) atoms. The van der Waals surface area contributed by atoms with Crippen LogP contribution >= 0.6 is 0 Å². The smallest absolute Gasteiger partial charge is 0.149 e. The fourth-order valence-corrected chi connectivity index (χ4v) is 1.68. The van der Waals surface area contributed by atoms with E-state index in [1.165, 1.54) is 6.07 Å². The van der Waals surface area contributed by atoms with E-state index in [9.17, 15) is 4.39 Å². The highest BCUT2D eigenvalue weighted by molar-refractivity contribution is 5.76. The van der Waals surface area contributed by atoms with E-state index in [-0.39, 0.29) is 11.7 Å². The maximum atomic E-state index is 13.5. The lowest BCUT2D eigenvalue weighted by Crippen LogP contribution is -2.01. The van der Waals surface area contributed by atoms with Crippen molar-refractivity contribution in [2.45, 2.75) is 12.8 Å². The number of nitrogens with zero attached hydrogens (tertiary/aromatic N) is 3. The van der Waals surface area contributed by atoms with Crippen LogP contribution in [0.1, 0.15) is 18.7 Å². The Labute approximate surface area is 86.8 Å². The molecule has 76 valence electrons. The van der Waals surface area contributed by atoms with E-state index in [2.05, 4.69) is 11.1 Å². The summed E-state index contributed by atoms with van der Waals surface area (Å²) in [7, 11) is 1.72. The van der Waals surface area contributed by atoms with Gasteiger partial charge in [-0.1, -0.05) is 6.07 Å². The number of aryl methyl sites for hydroxylation is 1. The van der Waals surface area contributed by atoms with Crippen LogP contribution in [0.5, 0.6) is 0 Å². The summed E-state index contributed by atoms with van der Waals surface area (Å²) in [6, 6.07) is 6.85. The van der Waals surface area contributed by atoms with Gasteiger partial charge in [-0.05, 0) is 19.1 Å². The molecule has 0 aliphatic rings. The second kappa shape index (κ2) is 3.35. The molecule has 0 N–H and O–H groups in total. The Morgan fingerprint density at radius 3 is 2.87 bits per heavy atom. The van der Waals surface area contributed by atoms with Gasteiger partial charge in [0.05, 0.1) is 11.6 Å². The van der Waals surface area contributed by atoms with Gasteiger partial charge in [0.25, 0.3) is 0 Å². The number of hydrogen-bond acceptors (Lipinski definition) is 2. The van der Waals surface area contributed by atoms with Crippen molar-refractivity contribution in [2.75, 3.05) is 0 Å². The Kier molecular flexibility index (Phi) is 2.16. The van der Waals surface area contributed by atoms with Gasteiger partial charge in [0.15, 0.2) is 0 Å². The molecular weight excluding hydrogens is 193 g/mol. The zero-order valence-corrected chi connectivity index (χ0v) is 8.53. The Morgan fingerprint density at radius 1 is 1.53 bits per heavy atom. The van der Waals surface area contributed by atoms with E-state index in [1.807, 2.05) is 0 Å². The first-order chi connectivity index (χ1) is 7.15. The summed E-state index contributed by atoms with van der Waals surface area (Å²) in [4.78, 5) is 4.24. The van der Waals surface area contributed by atoms with Gasteiger partial charge in [-0.3, -0.25) is 0 Å². The molecule has 3 nitrogen and oxygen atoms in total. The van der Waals surface area contributed by atoms with Crippen molar-refractivity contribution in [2.24, 2.45) is 7.05 Å². The molecule has 0 saturated carbocycles. The second-order valence-electron chi connectivity index (χ2n) is 3.49. The van der Waals surface area contributed by atoms with Gasteiger partial charge in [-0.15, -0.1) is 0 Å². The molecule has 2 rings (SSSR count). The lowest BCUT2D eigenvalue weighted by atomic mass is 10.2. The third-order valence-electron chi connectivity index (χ3n) is 2.46. The molecule has 1 atom stereocenters. The minimum Gasteiger partial charge on any atom is -0.328 e. The van der Waals surface area contributed by atoms with Crippen LogP contribution in [-0.4, -0.2) is 9.55 Å². The molecule has 0 fully saturated rings. The summed E-state index contributed by atoms with van der Waals surface area (Å²) in [6.45, 7) is 1.75. The fraction of sp³-hybridized carbons (Fsp3) is 0.273. The minimum atomic E-state index is -0.332. The van der Waals surface area contributed by atoms with Crippen molar-refractivity contribution in [3.05, 3.63) is 29.8 Å². The maximum Gasteiger partial charge on any atom is 0.149 e. The van der Waals surface area contributed by atoms with E-state index in [1.54, 1.807) is 30.7 Å². The molecule has 1 unspecified atom stereocenters. The Bertz CT molecular complexity index is 551. The highest BCUT2D eigenvalue weighted by atomic mass is 19.1. The number of rotatable bonds is 1. The van der Waals surface area contributed by atoms with Crippen LogP contribution in [0.3, 0.4) is 0 Å². The quantitative estimate of drug-likeness (QED) is 0.713. The van der Waals surface area contributed by atoms with Crippen molar-refractivity contribution < 1.29 is 4.39 Å². The van der Waals surface area contributed by atoms with Crippen LogP contribution in [-0.2, 0) is 7.05 Å². The molecule has 4 heteroatoms. The molecule has 0 aliphatic heterocycles. The molecule has 0 saturated heterocycles. The van der Waals surface area contributed by atoms with Crippen LogP contribution in [0.15, 0.2) is 18.2 Å². The average Bonchev–Trinajstić information content (AvgIpc) is 2.56. The molecule has 0 amide bonds. The van der Waals surface area contributed by atoms with Crippen molar-refractivity contribution in [1.82, 2.24) is 9.55 Å². The van der Waals surface area contributed by atoms with E-state index in [0.29, 0.717) is 16.9 Å². The van der Waals surface area contributed by atoms with E-state index in [0.717, 1.165) is 0 Å². The summed E-state index contributed by atoms with van der Waals surface area (Å²) in [5.74, 6) is -0.0433. The lowest BCUT2D eigenvalue weighted by Gasteiger charge is -2.02. The highest BCUT2D eigenvalue weighted by Gasteiger charge is 2.15. The van der Waals surface area contributed by atoms with Gasteiger partial charge in [0.2, 0.25) is 0 Å². The Morgan fingerprint density at radius 2 is 2.27 bits per heavy atom. The topological polar surface area (TPSA) is 41.6 Å². The largest absolute Gasteiger partial charge is 0.328 e. The van der Waals surface area contributed by atoms with E-state index in [4.69, 9.17) is 5.26 Å². The first-order valence-electron chi connectivity index (χ1n) is 4.65. The molecule has 1 aromatic carbocycles. The molecule has 2 aromatic rings. The van der Waals surface area contributed by atoms with Gasteiger partial charge < -0.3 is 4.57 Å². The normalized spacial score (nSPS) is 12.7. The summed E-state index contributed by atoms with van der Waals surface area (Å²) in [5, 5.41) is 8.81. The van der Waals surface area contributed by atoms with E-state index < -0.39 is 0 Å². The zero-order valence-electron chi connectivity index (χ0n) is 8.53. The number of imidazole rings is 1. The predicted octanol–water partition coefficient (Wildman–Crippen LogP) is 2.34. The first kappa shape index (κ1) is 9.66. The highest BCUT2D eigenvalue weighted by Crippen LogP contribution is 2.22. The Hall–Kier alpha value is -1.89. The number of para-hydroxylation sites is 1. The first-order valence-corrected chi connectivity index (χ1v) is 4.65. The number of benzene rings is 1. The molecule has 1 heterocycles. The molecular formula is C11H10FN3. The lowest BCUT2D eigenvalue weighted by molar-refractivity contribution is 0.629. The monoisotopic (exact) mass is 203 g/mol. The van der Waals surface area contributed by atoms with Crippen LogP contribution in [0.2, 0.25) is 0 Å². The number of hydrogen-bond donors (Lipinski definition) is 0. The van der Waals surface area contributed by atoms with Gasteiger partial charge in [-0.25, -0.2) is 9.37 Å². The maximum absolute atomic E-state index is 13.5. The van der Waals surface area contributed by atoms with Crippen molar-refractivity contribution >= 4 is 11.0 Å². The molecule has 1 aromatic heterocycles. The molecule has 0 spiro atoms. The number of halogens is 1. The molecule has 0 aliphatic carbocycles. The summed E-state index contributed by atoms with van der Waals surface area (Å²) in [6.07, 6.45) is 0. The summed E-state index contributed by atoms with van der Waals surface area (Å²) >= 11 is 0. The average molecular weight is 203 g/mol.